The normalized spacial score (nSPS) is 28.3. The first-order valence-corrected chi connectivity index (χ1v) is 6.04. The zero-order chi connectivity index (χ0) is 11.8. The van der Waals surface area contributed by atoms with Crippen molar-refractivity contribution >= 4 is 21.8 Å². The zero-order valence-electron chi connectivity index (χ0n) is 9.03. The summed E-state index contributed by atoms with van der Waals surface area (Å²) in [7, 11) is 1.63. The van der Waals surface area contributed by atoms with Crippen molar-refractivity contribution < 1.29 is 9.90 Å². The standard InChI is InChI=1S/C12H14BrNO2/c1-14-11(16)12(6-10(15)7-12)8-3-2-4-9(13)5-8/h2-5,10,15H,6-7H2,1H3,(H,14,16)/t10-,12+. The number of hydrogen-bond acceptors (Lipinski definition) is 2. The van der Waals surface area contributed by atoms with Crippen LogP contribution in [0.5, 0.6) is 0 Å². The molecule has 1 aliphatic rings. The van der Waals surface area contributed by atoms with Gasteiger partial charge in [-0.1, -0.05) is 28.1 Å². The molecule has 0 unspecified atom stereocenters. The molecule has 0 atom stereocenters. The van der Waals surface area contributed by atoms with Crippen molar-refractivity contribution in [2.75, 3.05) is 7.05 Å². The second kappa shape index (κ2) is 4.18. The summed E-state index contributed by atoms with van der Waals surface area (Å²) < 4.78 is 0.953. The molecule has 1 aromatic rings. The Labute approximate surface area is 103 Å². The number of rotatable bonds is 2. The molecule has 0 saturated heterocycles. The van der Waals surface area contributed by atoms with E-state index in [-0.39, 0.29) is 12.0 Å². The van der Waals surface area contributed by atoms with Gasteiger partial charge in [0.25, 0.3) is 0 Å². The topological polar surface area (TPSA) is 49.3 Å². The number of aliphatic hydroxyl groups excluding tert-OH is 1. The van der Waals surface area contributed by atoms with Gasteiger partial charge in [0.15, 0.2) is 0 Å². The molecule has 4 heteroatoms. The largest absolute Gasteiger partial charge is 0.393 e. The second-order valence-electron chi connectivity index (χ2n) is 4.23. The Morgan fingerprint density at radius 2 is 2.25 bits per heavy atom. The molecular weight excluding hydrogens is 270 g/mol. The maximum absolute atomic E-state index is 11.9. The monoisotopic (exact) mass is 283 g/mol. The fourth-order valence-electron chi connectivity index (χ4n) is 2.32. The third-order valence-electron chi connectivity index (χ3n) is 3.21. The van der Waals surface area contributed by atoms with Gasteiger partial charge in [0.2, 0.25) is 5.91 Å². The van der Waals surface area contributed by atoms with E-state index in [9.17, 15) is 9.90 Å². The van der Waals surface area contributed by atoms with E-state index < -0.39 is 5.41 Å². The number of aliphatic hydroxyl groups is 1. The van der Waals surface area contributed by atoms with Crippen LogP contribution in [0.3, 0.4) is 0 Å². The van der Waals surface area contributed by atoms with Gasteiger partial charge in [-0.2, -0.15) is 0 Å². The van der Waals surface area contributed by atoms with E-state index in [0.717, 1.165) is 10.0 Å². The fraction of sp³-hybridized carbons (Fsp3) is 0.417. The quantitative estimate of drug-likeness (QED) is 0.866. The maximum Gasteiger partial charge on any atom is 0.230 e. The summed E-state index contributed by atoms with van der Waals surface area (Å²) in [4.78, 5) is 11.9. The first-order valence-electron chi connectivity index (χ1n) is 5.25. The van der Waals surface area contributed by atoms with Gasteiger partial charge < -0.3 is 10.4 Å². The molecule has 1 saturated carbocycles. The highest BCUT2D eigenvalue weighted by atomic mass is 79.9. The molecule has 0 aliphatic heterocycles. The van der Waals surface area contributed by atoms with Crippen LogP contribution in [0.4, 0.5) is 0 Å². The minimum Gasteiger partial charge on any atom is -0.393 e. The number of nitrogens with one attached hydrogen (secondary N) is 1. The van der Waals surface area contributed by atoms with E-state index in [1.165, 1.54) is 0 Å². The number of amides is 1. The SMILES string of the molecule is CNC(=O)[C@]1(c2cccc(Br)c2)C[C@H](O)C1. The zero-order valence-corrected chi connectivity index (χ0v) is 10.6. The first-order chi connectivity index (χ1) is 7.58. The Bertz CT molecular complexity index is 413. The van der Waals surface area contributed by atoms with Crippen LogP contribution in [0.25, 0.3) is 0 Å². The molecule has 0 bridgehead atoms. The Kier molecular flexibility index (Phi) is 3.04. The van der Waals surface area contributed by atoms with Crippen molar-refractivity contribution in [3.63, 3.8) is 0 Å². The van der Waals surface area contributed by atoms with E-state index in [1.807, 2.05) is 24.3 Å². The highest BCUT2D eigenvalue weighted by Gasteiger charge is 2.50. The van der Waals surface area contributed by atoms with Crippen molar-refractivity contribution in [3.05, 3.63) is 34.3 Å². The van der Waals surface area contributed by atoms with E-state index >= 15 is 0 Å². The highest BCUT2D eigenvalue weighted by molar-refractivity contribution is 9.10. The molecule has 2 N–H and O–H groups in total. The molecule has 16 heavy (non-hydrogen) atoms. The lowest BCUT2D eigenvalue weighted by molar-refractivity contribution is -0.134. The molecule has 3 nitrogen and oxygen atoms in total. The first kappa shape index (κ1) is 11.6. The van der Waals surface area contributed by atoms with Crippen LogP contribution < -0.4 is 5.32 Å². The molecule has 1 aromatic carbocycles. The molecule has 0 radical (unpaired) electrons. The maximum atomic E-state index is 11.9. The fourth-order valence-corrected chi connectivity index (χ4v) is 2.72. The van der Waals surface area contributed by atoms with Crippen LogP contribution in [0.2, 0.25) is 0 Å². The Hall–Kier alpha value is -0.870. The number of likely N-dealkylation sites (N-methyl/N-ethyl adjacent to an activating group) is 1. The summed E-state index contributed by atoms with van der Waals surface area (Å²) in [6.45, 7) is 0. The van der Waals surface area contributed by atoms with Crippen molar-refractivity contribution in [1.82, 2.24) is 5.32 Å². The van der Waals surface area contributed by atoms with E-state index in [2.05, 4.69) is 21.2 Å². The molecule has 0 aromatic heterocycles. The Morgan fingerprint density at radius 1 is 1.56 bits per heavy atom. The lowest BCUT2D eigenvalue weighted by Gasteiger charge is -2.44. The minimum atomic E-state index is -0.544. The van der Waals surface area contributed by atoms with Gasteiger partial charge in [-0.25, -0.2) is 0 Å². The molecule has 0 spiro atoms. The lowest BCUT2D eigenvalue weighted by Crippen LogP contribution is -2.54. The molecule has 2 rings (SSSR count). The van der Waals surface area contributed by atoms with Gasteiger partial charge in [-0.05, 0) is 30.5 Å². The van der Waals surface area contributed by atoms with E-state index in [0.29, 0.717) is 12.8 Å². The third-order valence-corrected chi connectivity index (χ3v) is 3.70. The van der Waals surface area contributed by atoms with Crippen LogP contribution in [0.1, 0.15) is 18.4 Å². The summed E-state index contributed by atoms with van der Waals surface area (Å²) in [6, 6.07) is 7.72. The average molecular weight is 284 g/mol. The van der Waals surface area contributed by atoms with Gasteiger partial charge in [0.1, 0.15) is 0 Å². The number of halogens is 1. The van der Waals surface area contributed by atoms with Crippen molar-refractivity contribution in [1.29, 1.82) is 0 Å². The number of carbonyl (C=O) groups is 1. The molecule has 1 fully saturated rings. The van der Waals surface area contributed by atoms with E-state index in [4.69, 9.17) is 0 Å². The number of carbonyl (C=O) groups excluding carboxylic acids is 1. The number of benzene rings is 1. The van der Waals surface area contributed by atoms with Crippen molar-refractivity contribution in [2.24, 2.45) is 0 Å². The molecule has 1 amide bonds. The van der Waals surface area contributed by atoms with Crippen LogP contribution in [0.15, 0.2) is 28.7 Å². The van der Waals surface area contributed by atoms with Crippen LogP contribution >= 0.6 is 15.9 Å². The summed E-state index contributed by atoms with van der Waals surface area (Å²) in [6.07, 6.45) is 0.642. The van der Waals surface area contributed by atoms with Gasteiger partial charge in [0, 0.05) is 11.5 Å². The van der Waals surface area contributed by atoms with Gasteiger partial charge in [-0.15, -0.1) is 0 Å². The third kappa shape index (κ3) is 1.76. The molecule has 1 aliphatic carbocycles. The van der Waals surface area contributed by atoms with E-state index in [1.54, 1.807) is 7.05 Å². The predicted molar refractivity (Wildman–Crippen MR) is 65.1 cm³/mol. The summed E-state index contributed by atoms with van der Waals surface area (Å²) in [5.74, 6) is -0.0177. The summed E-state index contributed by atoms with van der Waals surface area (Å²) in [5, 5.41) is 12.1. The van der Waals surface area contributed by atoms with Gasteiger partial charge in [-0.3, -0.25) is 4.79 Å². The van der Waals surface area contributed by atoms with Crippen LogP contribution in [-0.2, 0) is 10.2 Å². The molecule has 0 heterocycles. The van der Waals surface area contributed by atoms with Gasteiger partial charge in [0.05, 0.1) is 11.5 Å². The molecule has 86 valence electrons. The smallest absolute Gasteiger partial charge is 0.230 e. The van der Waals surface area contributed by atoms with Gasteiger partial charge >= 0.3 is 0 Å². The van der Waals surface area contributed by atoms with Crippen LogP contribution in [-0.4, -0.2) is 24.2 Å². The summed E-state index contributed by atoms with van der Waals surface area (Å²) >= 11 is 3.40. The Balaban J connectivity index is 2.37. The van der Waals surface area contributed by atoms with Crippen LogP contribution in [0, 0.1) is 0 Å². The summed E-state index contributed by atoms with van der Waals surface area (Å²) in [5.41, 5.74) is 0.421. The predicted octanol–water partition coefficient (Wildman–Crippen LogP) is 1.59. The average Bonchev–Trinajstić information content (AvgIpc) is 2.23. The van der Waals surface area contributed by atoms with Crippen molar-refractivity contribution in [2.45, 2.75) is 24.4 Å². The highest BCUT2D eigenvalue weighted by Crippen LogP contribution is 2.44. The second-order valence-corrected chi connectivity index (χ2v) is 5.15. The number of hydrogen-bond donors (Lipinski definition) is 2. The Morgan fingerprint density at radius 3 is 2.75 bits per heavy atom. The molecular formula is C12H14BrNO2. The van der Waals surface area contributed by atoms with Crippen molar-refractivity contribution in [3.8, 4) is 0 Å². The lowest BCUT2D eigenvalue weighted by atomic mass is 9.62. The minimum absolute atomic E-state index is 0.0177.